The highest BCUT2D eigenvalue weighted by atomic mass is 14.9. The van der Waals surface area contributed by atoms with Crippen LogP contribution in [0.5, 0.6) is 0 Å². The van der Waals surface area contributed by atoms with E-state index in [0.29, 0.717) is 0 Å². The number of hydrogen-bond donors (Lipinski definition) is 1. The standard InChI is InChI=1S/C11H19N/c1-2-5-12-8-11-7-9-3-4-10(11)6-9/h3-4,9-12H,2,5-8H2,1H3/t9-,10+,11-/m1/s1. The molecule has 12 heavy (non-hydrogen) atoms. The molecule has 2 bridgehead atoms. The Balaban J connectivity index is 1.73. The Hall–Kier alpha value is -0.300. The molecule has 68 valence electrons. The van der Waals surface area contributed by atoms with E-state index in [4.69, 9.17) is 0 Å². The van der Waals surface area contributed by atoms with Crippen LogP contribution in [0.25, 0.3) is 0 Å². The van der Waals surface area contributed by atoms with E-state index in [1.54, 1.807) is 0 Å². The molecule has 1 heteroatoms. The van der Waals surface area contributed by atoms with Gasteiger partial charge in [0.2, 0.25) is 0 Å². The molecule has 2 aliphatic carbocycles. The van der Waals surface area contributed by atoms with Gasteiger partial charge in [-0.15, -0.1) is 0 Å². The molecule has 1 saturated carbocycles. The summed E-state index contributed by atoms with van der Waals surface area (Å²) >= 11 is 0. The Kier molecular flexibility index (Phi) is 2.50. The van der Waals surface area contributed by atoms with E-state index in [1.807, 2.05) is 0 Å². The number of rotatable bonds is 4. The van der Waals surface area contributed by atoms with Gasteiger partial charge in [0.15, 0.2) is 0 Å². The van der Waals surface area contributed by atoms with E-state index < -0.39 is 0 Å². The van der Waals surface area contributed by atoms with Gasteiger partial charge in [0.1, 0.15) is 0 Å². The molecule has 3 atom stereocenters. The molecule has 0 heterocycles. The second-order valence-corrected chi connectivity index (χ2v) is 4.24. The molecule has 1 N–H and O–H groups in total. The van der Waals surface area contributed by atoms with E-state index >= 15 is 0 Å². The molecule has 0 radical (unpaired) electrons. The second kappa shape index (κ2) is 3.61. The summed E-state index contributed by atoms with van der Waals surface area (Å²) in [6.45, 7) is 4.67. The Bertz CT molecular complexity index is 174. The van der Waals surface area contributed by atoms with Crippen LogP contribution in [0.1, 0.15) is 26.2 Å². The lowest BCUT2D eigenvalue weighted by atomic mass is 9.94. The monoisotopic (exact) mass is 165 g/mol. The first-order valence-corrected chi connectivity index (χ1v) is 5.29. The predicted octanol–water partition coefficient (Wildman–Crippen LogP) is 2.20. The first-order chi connectivity index (χ1) is 5.90. The predicted molar refractivity (Wildman–Crippen MR) is 52.0 cm³/mol. The maximum Gasteiger partial charge on any atom is -0.00147 e. The van der Waals surface area contributed by atoms with Gasteiger partial charge >= 0.3 is 0 Å². The van der Waals surface area contributed by atoms with Crippen molar-refractivity contribution < 1.29 is 0 Å². The van der Waals surface area contributed by atoms with Crippen molar-refractivity contribution in [2.45, 2.75) is 26.2 Å². The molecule has 0 aliphatic heterocycles. The van der Waals surface area contributed by atoms with Crippen molar-refractivity contribution in [3.05, 3.63) is 12.2 Å². The zero-order chi connectivity index (χ0) is 8.39. The summed E-state index contributed by atoms with van der Waals surface area (Å²) in [4.78, 5) is 0. The third-order valence-corrected chi connectivity index (χ3v) is 3.25. The van der Waals surface area contributed by atoms with Crippen molar-refractivity contribution in [1.29, 1.82) is 0 Å². The Labute approximate surface area is 75.2 Å². The Morgan fingerprint density at radius 1 is 1.33 bits per heavy atom. The highest BCUT2D eigenvalue weighted by Crippen LogP contribution is 2.42. The molecular weight excluding hydrogens is 146 g/mol. The average Bonchev–Trinajstić information content (AvgIpc) is 2.65. The van der Waals surface area contributed by atoms with Crippen LogP contribution in [0.2, 0.25) is 0 Å². The number of allylic oxidation sites excluding steroid dienone is 2. The minimum absolute atomic E-state index is 0.916. The van der Waals surface area contributed by atoms with E-state index in [-0.39, 0.29) is 0 Å². The SMILES string of the molecule is CCCNC[C@H]1C[C@@H]2C=C[C@H]1C2. The van der Waals surface area contributed by atoms with Gasteiger partial charge in [-0.3, -0.25) is 0 Å². The molecule has 2 aliphatic rings. The fraction of sp³-hybridized carbons (Fsp3) is 0.818. The topological polar surface area (TPSA) is 12.0 Å². The first-order valence-electron chi connectivity index (χ1n) is 5.29. The largest absolute Gasteiger partial charge is 0.316 e. The molecule has 1 nitrogen and oxygen atoms in total. The van der Waals surface area contributed by atoms with Crippen LogP contribution in [0, 0.1) is 17.8 Å². The van der Waals surface area contributed by atoms with Gasteiger partial charge in [0.25, 0.3) is 0 Å². The van der Waals surface area contributed by atoms with Crippen molar-refractivity contribution >= 4 is 0 Å². The average molecular weight is 165 g/mol. The van der Waals surface area contributed by atoms with E-state index in [0.717, 1.165) is 17.8 Å². The Morgan fingerprint density at radius 3 is 2.83 bits per heavy atom. The van der Waals surface area contributed by atoms with Crippen LogP contribution >= 0.6 is 0 Å². The van der Waals surface area contributed by atoms with Crippen LogP contribution in [0.3, 0.4) is 0 Å². The summed E-state index contributed by atoms with van der Waals surface area (Å²) in [7, 11) is 0. The summed E-state index contributed by atoms with van der Waals surface area (Å²) in [5.74, 6) is 2.80. The minimum Gasteiger partial charge on any atom is -0.316 e. The molecule has 0 aromatic heterocycles. The molecular formula is C11H19N. The number of hydrogen-bond acceptors (Lipinski definition) is 1. The summed E-state index contributed by atoms with van der Waals surface area (Å²) in [6.07, 6.45) is 9.00. The van der Waals surface area contributed by atoms with Crippen LogP contribution in [-0.4, -0.2) is 13.1 Å². The Morgan fingerprint density at radius 2 is 2.25 bits per heavy atom. The van der Waals surface area contributed by atoms with Crippen molar-refractivity contribution in [2.75, 3.05) is 13.1 Å². The van der Waals surface area contributed by atoms with Gasteiger partial charge in [-0.25, -0.2) is 0 Å². The zero-order valence-corrected chi connectivity index (χ0v) is 7.92. The van der Waals surface area contributed by atoms with Gasteiger partial charge < -0.3 is 5.32 Å². The molecule has 0 aromatic rings. The summed E-state index contributed by atoms with van der Waals surface area (Å²) in [6, 6.07) is 0. The molecule has 0 aromatic carbocycles. The van der Waals surface area contributed by atoms with Gasteiger partial charge in [-0.2, -0.15) is 0 Å². The van der Waals surface area contributed by atoms with Crippen LogP contribution in [0.15, 0.2) is 12.2 Å². The molecule has 1 fully saturated rings. The number of nitrogens with one attached hydrogen (secondary N) is 1. The third-order valence-electron chi connectivity index (χ3n) is 3.25. The maximum absolute atomic E-state index is 3.53. The normalized spacial score (nSPS) is 37.9. The lowest BCUT2D eigenvalue weighted by molar-refractivity contribution is 0.415. The van der Waals surface area contributed by atoms with Crippen LogP contribution < -0.4 is 5.32 Å². The lowest BCUT2D eigenvalue weighted by Crippen LogP contribution is -2.25. The molecule has 2 rings (SSSR count). The van der Waals surface area contributed by atoms with E-state index in [9.17, 15) is 0 Å². The zero-order valence-electron chi connectivity index (χ0n) is 7.92. The van der Waals surface area contributed by atoms with Crippen molar-refractivity contribution in [3.63, 3.8) is 0 Å². The van der Waals surface area contributed by atoms with Gasteiger partial charge in [-0.1, -0.05) is 19.1 Å². The summed E-state index contributed by atoms with van der Waals surface area (Å²) in [5.41, 5.74) is 0. The van der Waals surface area contributed by atoms with E-state index in [1.165, 1.54) is 32.4 Å². The molecule has 0 saturated heterocycles. The van der Waals surface area contributed by atoms with E-state index in [2.05, 4.69) is 24.4 Å². The third kappa shape index (κ3) is 1.56. The van der Waals surface area contributed by atoms with Crippen molar-refractivity contribution in [1.82, 2.24) is 5.32 Å². The summed E-state index contributed by atoms with van der Waals surface area (Å²) in [5, 5.41) is 3.53. The fourth-order valence-electron chi connectivity index (χ4n) is 2.59. The van der Waals surface area contributed by atoms with Gasteiger partial charge in [0.05, 0.1) is 0 Å². The molecule has 0 unspecified atom stereocenters. The first kappa shape index (κ1) is 8.31. The quantitative estimate of drug-likeness (QED) is 0.497. The lowest BCUT2D eigenvalue weighted by Gasteiger charge is -2.18. The van der Waals surface area contributed by atoms with Crippen molar-refractivity contribution in [3.8, 4) is 0 Å². The van der Waals surface area contributed by atoms with Crippen LogP contribution in [0.4, 0.5) is 0 Å². The highest BCUT2D eigenvalue weighted by Gasteiger charge is 2.34. The van der Waals surface area contributed by atoms with Crippen LogP contribution in [-0.2, 0) is 0 Å². The van der Waals surface area contributed by atoms with Crippen molar-refractivity contribution in [2.24, 2.45) is 17.8 Å². The number of fused-ring (bicyclic) bond motifs is 2. The van der Waals surface area contributed by atoms with Gasteiger partial charge in [-0.05, 0) is 50.1 Å². The minimum atomic E-state index is 0.916. The highest BCUT2D eigenvalue weighted by molar-refractivity contribution is 5.10. The van der Waals surface area contributed by atoms with Gasteiger partial charge in [0, 0.05) is 0 Å². The molecule has 0 amide bonds. The molecule has 0 spiro atoms. The second-order valence-electron chi connectivity index (χ2n) is 4.24. The summed E-state index contributed by atoms with van der Waals surface area (Å²) < 4.78 is 0. The smallest absolute Gasteiger partial charge is 0.00147 e. The maximum atomic E-state index is 3.53. The fourth-order valence-corrected chi connectivity index (χ4v) is 2.59.